The fraction of sp³-hybridized carbons (Fsp3) is 0.0667. The molecule has 0 aliphatic rings. The number of aromatic nitrogens is 4. The van der Waals surface area contributed by atoms with Gasteiger partial charge < -0.3 is 4.40 Å². The molecule has 0 saturated heterocycles. The molecule has 92 valence electrons. The molecule has 0 saturated carbocycles. The van der Waals surface area contributed by atoms with Gasteiger partial charge in [-0.3, -0.25) is 0 Å². The van der Waals surface area contributed by atoms with E-state index in [9.17, 15) is 0 Å². The summed E-state index contributed by atoms with van der Waals surface area (Å²) in [5.74, 6) is 0. The second-order valence-electron chi connectivity index (χ2n) is 4.62. The Kier molecular flexibility index (Phi) is 2.14. The molecule has 0 aliphatic heterocycles. The molecule has 0 bridgehead atoms. The monoisotopic (exact) mass is 248 g/mol. The van der Waals surface area contributed by atoms with E-state index in [-0.39, 0.29) is 0 Å². The van der Waals surface area contributed by atoms with Crippen molar-refractivity contribution in [2.75, 3.05) is 0 Å². The quantitative estimate of drug-likeness (QED) is 0.546. The molecule has 4 aromatic rings. The Balaban J connectivity index is 1.78. The predicted octanol–water partition coefficient (Wildman–Crippen LogP) is 2.73. The zero-order chi connectivity index (χ0) is 12.7. The molecule has 0 unspecified atom stereocenters. The van der Waals surface area contributed by atoms with Crippen LogP contribution in [0.25, 0.3) is 16.6 Å². The lowest BCUT2D eigenvalue weighted by Gasteiger charge is -1.98. The van der Waals surface area contributed by atoms with Gasteiger partial charge in [0.1, 0.15) is 5.52 Å². The third-order valence-electron chi connectivity index (χ3n) is 3.31. The predicted molar refractivity (Wildman–Crippen MR) is 74.0 cm³/mol. The highest BCUT2D eigenvalue weighted by Gasteiger charge is 2.05. The van der Waals surface area contributed by atoms with Gasteiger partial charge in [0.25, 0.3) is 0 Å². The zero-order valence-electron chi connectivity index (χ0n) is 10.3. The van der Waals surface area contributed by atoms with Crippen molar-refractivity contribution in [3.05, 3.63) is 66.5 Å². The van der Waals surface area contributed by atoms with Gasteiger partial charge in [0, 0.05) is 17.9 Å². The second kappa shape index (κ2) is 3.95. The van der Waals surface area contributed by atoms with E-state index in [1.54, 1.807) is 0 Å². The van der Waals surface area contributed by atoms with Gasteiger partial charge in [-0.05, 0) is 35.9 Å². The van der Waals surface area contributed by atoms with Crippen LogP contribution in [0.4, 0.5) is 0 Å². The first kappa shape index (κ1) is 10.3. The average Bonchev–Trinajstić information content (AvgIpc) is 3.03. The van der Waals surface area contributed by atoms with Crippen LogP contribution in [0.1, 0.15) is 5.56 Å². The summed E-state index contributed by atoms with van der Waals surface area (Å²) >= 11 is 0. The van der Waals surface area contributed by atoms with Crippen molar-refractivity contribution < 1.29 is 0 Å². The highest BCUT2D eigenvalue weighted by atomic mass is 15.4. The first-order valence-corrected chi connectivity index (χ1v) is 6.24. The smallest absolute Gasteiger partial charge is 0.113 e. The third-order valence-corrected chi connectivity index (χ3v) is 3.31. The number of fused-ring (bicyclic) bond motifs is 2. The van der Waals surface area contributed by atoms with E-state index in [2.05, 4.69) is 39.2 Å². The molecule has 0 amide bonds. The van der Waals surface area contributed by atoms with Crippen LogP contribution in [0, 0.1) is 0 Å². The van der Waals surface area contributed by atoms with Crippen LogP contribution >= 0.6 is 0 Å². The number of nitrogens with zero attached hydrogens (tertiary/aromatic N) is 4. The topological polar surface area (TPSA) is 35.1 Å². The zero-order valence-corrected chi connectivity index (χ0v) is 10.3. The van der Waals surface area contributed by atoms with Crippen molar-refractivity contribution >= 4 is 16.6 Å². The standard InChI is InChI=1S/C15H12N4/c1-2-7-15-14(6-1)16-17-19(15)11-12-9-13-5-3-4-8-18(13)10-12/h1-10H,11H2. The lowest BCUT2D eigenvalue weighted by molar-refractivity contribution is 0.670. The van der Waals surface area contributed by atoms with Crippen LogP contribution in [0.3, 0.4) is 0 Å². The molecule has 3 heterocycles. The Labute approximate surface area is 109 Å². The van der Waals surface area contributed by atoms with Crippen LogP contribution < -0.4 is 0 Å². The van der Waals surface area contributed by atoms with Crippen molar-refractivity contribution in [2.45, 2.75) is 6.54 Å². The maximum absolute atomic E-state index is 4.22. The molecule has 4 heteroatoms. The van der Waals surface area contributed by atoms with Gasteiger partial charge in [0.2, 0.25) is 0 Å². The molecule has 3 aromatic heterocycles. The Hall–Kier alpha value is -2.62. The molecular formula is C15H12N4. The summed E-state index contributed by atoms with van der Waals surface area (Å²) in [5, 5.41) is 8.39. The van der Waals surface area contributed by atoms with E-state index in [1.807, 2.05) is 41.1 Å². The molecule has 0 radical (unpaired) electrons. The minimum Gasteiger partial charge on any atom is -0.324 e. The second-order valence-corrected chi connectivity index (χ2v) is 4.62. The minimum atomic E-state index is 0.738. The molecule has 19 heavy (non-hydrogen) atoms. The fourth-order valence-corrected chi connectivity index (χ4v) is 2.41. The van der Waals surface area contributed by atoms with Crippen molar-refractivity contribution in [1.29, 1.82) is 0 Å². The van der Waals surface area contributed by atoms with Crippen LogP contribution in [0.15, 0.2) is 60.9 Å². The van der Waals surface area contributed by atoms with Gasteiger partial charge in [-0.2, -0.15) is 0 Å². The van der Waals surface area contributed by atoms with Crippen molar-refractivity contribution in [3.63, 3.8) is 0 Å². The molecule has 4 nitrogen and oxygen atoms in total. The SMILES string of the molecule is c1ccc2c(c1)nnn2Cc1cc2ccccn2c1. The number of pyridine rings is 1. The molecule has 4 rings (SSSR count). The Morgan fingerprint density at radius 2 is 1.89 bits per heavy atom. The maximum atomic E-state index is 4.22. The molecular weight excluding hydrogens is 236 g/mol. The molecule has 0 N–H and O–H groups in total. The molecule has 0 fully saturated rings. The Bertz CT molecular complexity index is 823. The number of hydrogen-bond acceptors (Lipinski definition) is 2. The average molecular weight is 248 g/mol. The van der Waals surface area contributed by atoms with E-state index in [4.69, 9.17) is 0 Å². The van der Waals surface area contributed by atoms with Crippen LogP contribution in [-0.4, -0.2) is 19.4 Å². The highest BCUT2D eigenvalue weighted by Crippen LogP contribution is 2.14. The summed E-state index contributed by atoms with van der Waals surface area (Å²) in [4.78, 5) is 0. The highest BCUT2D eigenvalue weighted by molar-refractivity contribution is 5.73. The summed E-state index contributed by atoms with van der Waals surface area (Å²) in [5.41, 5.74) is 4.42. The van der Waals surface area contributed by atoms with Gasteiger partial charge in [-0.25, -0.2) is 4.68 Å². The van der Waals surface area contributed by atoms with Gasteiger partial charge in [0.05, 0.1) is 12.1 Å². The van der Waals surface area contributed by atoms with E-state index in [0.717, 1.165) is 17.6 Å². The Morgan fingerprint density at radius 3 is 2.84 bits per heavy atom. The Morgan fingerprint density at radius 1 is 1.00 bits per heavy atom. The third kappa shape index (κ3) is 1.69. The molecule has 0 aliphatic carbocycles. The van der Waals surface area contributed by atoms with Crippen molar-refractivity contribution in [1.82, 2.24) is 19.4 Å². The normalized spacial score (nSPS) is 11.4. The van der Waals surface area contributed by atoms with Crippen molar-refractivity contribution in [3.8, 4) is 0 Å². The summed E-state index contributed by atoms with van der Waals surface area (Å²) in [6.07, 6.45) is 4.18. The minimum absolute atomic E-state index is 0.738. The van der Waals surface area contributed by atoms with Gasteiger partial charge in [0.15, 0.2) is 0 Å². The van der Waals surface area contributed by atoms with E-state index in [1.165, 1.54) is 11.1 Å². The summed E-state index contributed by atoms with van der Waals surface area (Å²) in [6.45, 7) is 0.738. The number of para-hydroxylation sites is 1. The van der Waals surface area contributed by atoms with Crippen LogP contribution in [0.2, 0.25) is 0 Å². The van der Waals surface area contributed by atoms with Gasteiger partial charge in [-0.1, -0.05) is 23.4 Å². The summed E-state index contributed by atoms with van der Waals surface area (Å²) in [6, 6.07) is 16.4. The summed E-state index contributed by atoms with van der Waals surface area (Å²) < 4.78 is 4.05. The fourth-order valence-electron chi connectivity index (χ4n) is 2.41. The van der Waals surface area contributed by atoms with E-state index in [0.29, 0.717) is 0 Å². The summed E-state index contributed by atoms with van der Waals surface area (Å²) in [7, 11) is 0. The molecule has 0 spiro atoms. The molecule has 0 atom stereocenters. The number of rotatable bonds is 2. The van der Waals surface area contributed by atoms with Crippen LogP contribution in [0.5, 0.6) is 0 Å². The molecule has 1 aromatic carbocycles. The number of hydrogen-bond donors (Lipinski definition) is 0. The largest absolute Gasteiger partial charge is 0.324 e. The van der Waals surface area contributed by atoms with Gasteiger partial charge >= 0.3 is 0 Å². The lowest BCUT2D eigenvalue weighted by atomic mass is 10.3. The maximum Gasteiger partial charge on any atom is 0.113 e. The van der Waals surface area contributed by atoms with E-state index < -0.39 is 0 Å². The van der Waals surface area contributed by atoms with Crippen molar-refractivity contribution in [2.24, 2.45) is 0 Å². The van der Waals surface area contributed by atoms with Gasteiger partial charge in [-0.15, -0.1) is 5.10 Å². The first-order chi connectivity index (χ1) is 9.40. The van der Waals surface area contributed by atoms with E-state index >= 15 is 0 Å². The van der Waals surface area contributed by atoms with Crippen LogP contribution in [-0.2, 0) is 6.54 Å². The number of benzene rings is 1. The first-order valence-electron chi connectivity index (χ1n) is 6.24. The lowest BCUT2D eigenvalue weighted by Crippen LogP contribution is -2.00.